The van der Waals surface area contributed by atoms with Gasteiger partial charge in [0.05, 0.1) is 6.42 Å². The normalized spacial score (nSPS) is 13.9. The average Bonchev–Trinajstić information content (AvgIpc) is 2.09. The first-order chi connectivity index (χ1) is 7.32. The molecule has 0 saturated heterocycles. The van der Waals surface area contributed by atoms with Crippen molar-refractivity contribution >= 4 is 29.6 Å². The van der Waals surface area contributed by atoms with Gasteiger partial charge < -0.3 is 15.5 Å². The third kappa shape index (κ3) is 7.10. The molecule has 7 heteroatoms. The predicted octanol–water partition coefficient (Wildman–Crippen LogP) is 0.172. The van der Waals surface area contributed by atoms with Crippen LogP contribution in [0, 0.1) is 0 Å². The van der Waals surface area contributed by atoms with Crippen LogP contribution in [0.3, 0.4) is 0 Å². The topological polar surface area (TPSA) is 104 Å². The zero-order valence-corrected chi connectivity index (χ0v) is 9.91. The minimum absolute atomic E-state index is 0.0307. The Labute approximate surface area is 97.4 Å². The number of thioether (sulfide) groups is 1. The Morgan fingerprint density at radius 2 is 1.88 bits per heavy atom. The Morgan fingerprint density at radius 3 is 2.25 bits per heavy atom. The van der Waals surface area contributed by atoms with Crippen LogP contribution < -0.4 is 5.32 Å². The highest BCUT2D eigenvalue weighted by atomic mass is 32.2. The minimum atomic E-state index is -1.12. The second-order valence-corrected chi connectivity index (χ2v) is 4.80. The number of rotatable bonds is 7. The third-order valence-corrected chi connectivity index (χ3v) is 2.95. The van der Waals surface area contributed by atoms with Crippen LogP contribution in [-0.2, 0) is 14.4 Å². The number of carboxylic acid groups (broad SMARTS) is 2. The largest absolute Gasteiger partial charge is 0.481 e. The molecule has 1 amide bonds. The summed E-state index contributed by atoms with van der Waals surface area (Å²) < 4.78 is 0. The van der Waals surface area contributed by atoms with E-state index in [1.54, 1.807) is 6.92 Å². The highest BCUT2D eigenvalue weighted by Gasteiger charge is 2.20. The van der Waals surface area contributed by atoms with E-state index in [-0.39, 0.29) is 17.4 Å². The molecule has 92 valence electrons. The lowest BCUT2D eigenvalue weighted by Crippen LogP contribution is -2.41. The maximum absolute atomic E-state index is 10.7. The number of carbonyl (C=O) groups excluding carboxylic acids is 1. The summed E-state index contributed by atoms with van der Waals surface area (Å²) in [6.45, 7) is 2.94. The Bertz CT molecular complexity index is 281. The number of aliphatic carboxylic acids is 2. The van der Waals surface area contributed by atoms with Crippen LogP contribution in [0.4, 0.5) is 0 Å². The molecular formula is C9H15NO5S. The van der Waals surface area contributed by atoms with Crippen molar-refractivity contribution in [1.82, 2.24) is 5.32 Å². The summed E-state index contributed by atoms with van der Waals surface area (Å²) in [6.07, 6.45) is -0.0307. The van der Waals surface area contributed by atoms with E-state index in [9.17, 15) is 14.4 Å². The fourth-order valence-electron chi connectivity index (χ4n) is 0.985. The van der Waals surface area contributed by atoms with E-state index in [0.717, 1.165) is 0 Å². The number of carboxylic acids is 2. The van der Waals surface area contributed by atoms with Crippen LogP contribution in [-0.4, -0.2) is 45.1 Å². The highest BCUT2D eigenvalue weighted by Crippen LogP contribution is 2.15. The van der Waals surface area contributed by atoms with Crippen molar-refractivity contribution in [3.63, 3.8) is 0 Å². The number of carbonyl (C=O) groups is 3. The van der Waals surface area contributed by atoms with Crippen molar-refractivity contribution in [2.75, 3.05) is 5.75 Å². The average molecular weight is 251 g/mol. The van der Waals surface area contributed by atoms with Crippen LogP contribution in [0.15, 0.2) is 0 Å². The number of nitrogens with one attached hydrogen (secondary N) is 1. The van der Waals surface area contributed by atoms with Crippen molar-refractivity contribution < 1.29 is 24.6 Å². The molecule has 0 aliphatic carbocycles. The fraction of sp³-hybridized carbons (Fsp3) is 0.667. The third-order valence-electron chi connectivity index (χ3n) is 1.69. The van der Waals surface area contributed by atoms with Gasteiger partial charge in [0.25, 0.3) is 0 Å². The SMILES string of the molecule is CC(CC(=O)O)SCC(N[13C]([13CH3])=O)C(=O)O. The van der Waals surface area contributed by atoms with Gasteiger partial charge in [0.15, 0.2) is 0 Å². The predicted molar refractivity (Wildman–Crippen MR) is 59.4 cm³/mol. The molecular weight excluding hydrogens is 236 g/mol. The lowest BCUT2D eigenvalue weighted by molar-refractivity contribution is -0.140. The van der Waals surface area contributed by atoms with Crippen molar-refractivity contribution in [2.24, 2.45) is 0 Å². The van der Waals surface area contributed by atoms with E-state index in [4.69, 9.17) is 10.2 Å². The van der Waals surface area contributed by atoms with Crippen LogP contribution in [0.1, 0.15) is 20.3 Å². The Kier molecular flexibility index (Phi) is 6.55. The molecule has 0 saturated carbocycles. The van der Waals surface area contributed by atoms with Gasteiger partial charge in [-0.25, -0.2) is 4.79 Å². The van der Waals surface area contributed by atoms with Gasteiger partial charge in [-0.3, -0.25) is 9.59 Å². The molecule has 3 N–H and O–H groups in total. The van der Waals surface area contributed by atoms with E-state index in [0.29, 0.717) is 0 Å². The van der Waals surface area contributed by atoms with Gasteiger partial charge >= 0.3 is 11.9 Å². The fourth-order valence-corrected chi connectivity index (χ4v) is 1.99. The summed E-state index contributed by atoms with van der Waals surface area (Å²) in [7, 11) is 0. The molecule has 6 nitrogen and oxygen atoms in total. The lowest BCUT2D eigenvalue weighted by Gasteiger charge is -2.15. The molecule has 0 aromatic carbocycles. The number of hydrogen-bond acceptors (Lipinski definition) is 4. The molecule has 2 atom stereocenters. The van der Waals surface area contributed by atoms with E-state index in [1.807, 2.05) is 0 Å². The summed E-state index contributed by atoms with van der Waals surface area (Å²) in [4.78, 5) is 31.8. The number of amides is 1. The zero-order chi connectivity index (χ0) is 12.7. The first kappa shape index (κ1) is 14.8. The lowest BCUT2D eigenvalue weighted by atomic mass is 10.3. The van der Waals surface area contributed by atoms with Gasteiger partial charge in [-0.2, -0.15) is 11.8 Å². The summed E-state index contributed by atoms with van der Waals surface area (Å²) in [5.74, 6) is -2.31. The summed E-state index contributed by atoms with van der Waals surface area (Å²) in [5.41, 5.74) is 0. The monoisotopic (exact) mass is 251 g/mol. The number of hydrogen-bond donors (Lipinski definition) is 3. The molecule has 0 aliphatic rings. The highest BCUT2D eigenvalue weighted by molar-refractivity contribution is 7.99. The molecule has 0 aromatic rings. The quantitative estimate of drug-likeness (QED) is 0.557. The summed E-state index contributed by atoms with van der Waals surface area (Å²) in [6, 6.07) is -0.973. The minimum Gasteiger partial charge on any atom is -0.481 e. The summed E-state index contributed by atoms with van der Waals surface area (Å²) in [5, 5.41) is 19.4. The van der Waals surface area contributed by atoms with Gasteiger partial charge in [0.2, 0.25) is 5.91 Å². The molecule has 0 fully saturated rings. The first-order valence-electron chi connectivity index (χ1n) is 4.66. The molecule has 0 aromatic heterocycles. The molecule has 16 heavy (non-hydrogen) atoms. The van der Waals surface area contributed by atoms with Gasteiger partial charge in [-0.05, 0) is 0 Å². The molecule has 0 spiro atoms. The van der Waals surface area contributed by atoms with E-state index >= 15 is 0 Å². The molecule has 0 aliphatic heterocycles. The van der Waals surface area contributed by atoms with Gasteiger partial charge in [0.1, 0.15) is 6.04 Å². The van der Waals surface area contributed by atoms with Crippen molar-refractivity contribution in [1.29, 1.82) is 0 Å². The molecule has 0 rings (SSSR count). The summed E-state index contributed by atoms with van der Waals surface area (Å²) >= 11 is 1.21. The van der Waals surface area contributed by atoms with Crippen LogP contribution in [0.2, 0.25) is 0 Å². The Balaban J connectivity index is 4.06. The Hall–Kier alpha value is -1.24. The van der Waals surface area contributed by atoms with Crippen LogP contribution in [0.5, 0.6) is 0 Å². The second-order valence-electron chi connectivity index (χ2n) is 3.33. The molecule has 0 heterocycles. The Morgan fingerprint density at radius 1 is 1.31 bits per heavy atom. The van der Waals surface area contributed by atoms with E-state index in [2.05, 4.69) is 5.32 Å². The molecule has 0 radical (unpaired) electrons. The van der Waals surface area contributed by atoms with Gasteiger partial charge in [-0.15, -0.1) is 0 Å². The van der Waals surface area contributed by atoms with E-state index < -0.39 is 23.9 Å². The maximum atomic E-state index is 10.7. The van der Waals surface area contributed by atoms with Gasteiger partial charge in [0, 0.05) is 17.9 Å². The standard InChI is InChI=1S/C9H15NO5S/c1-5(3-8(12)13)16-4-7(9(14)15)10-6(2)11/h5,7H,3-4H2,1-2H3,(H,10,11)(H,12,13)(H,14,15)/i2+1,6+1. The second kappa shape index (κ2) is 7.10. The van der Waals surface area contributed by atoms with Crippen molar-refractivity contribution in [2.45, 2.75) is 31.6 Å². The van der Waals surface area contributed by atoms with Crippen LogP contribution >= 0.6 is 11.8 Å². The smallest absolute Gasteiger partial charge is 0.327 e. The maximum Gasteiger partial charge on any atom is 0.327 e. The van der Waals surface area contributed by atoms with Crippen molar-refractivity contribution in [3.8, 4) is 0 Å². The molecule has 0 bridgehead atoms. The van der Waals surface area contributed by atoms with Crippen molar-refractivity contribution in [3.05, 3.63) is 0 Å². The van der Waals surface area contributed by atoms with Gasteiger partial charge in [-0.1, -0.05) is 6.92 Å². The van der Waals surface area contributed by atoms with E-state index in [1.165, 1.54) is 18.7 Å². The first-order valence-corrected chi connectivity index (χ1v) is 5.71. The van der Waals surface area contributed by atoms with Crippen LogP contribution in [0.25, 0.3) is 0 Å². The molecule has 2 unspecified atom stereocenters. The zero-order valence-electron chi connectivity index (χ0n) is 9.10.